The Kier molecular flexibility index (Phi) is 3.95. The van der Waals surface area contributed by atoms with E-state index in [2.05, 4.69) is 46.9 Å². The molecule has 0 amide bonds. The minimum absolute atomic E-state index is 0.330. The fourth-order valence-electron chi connectivity index (χ4n) is 2.92. The molecule has 1 aliphatic rings. The van der Waals surface area contributed by atoms with Crippen LogP contribution in [0.3, 0.4) is 0 Å². The molecule has 1 heterocycles. The molecule has 100 valence electrons. The van der Waals surface area contributed by atoms with Crippen molar-refractivity contribution in [3.8, 4) is 0 Å². The summed E-state index contributed by atoms with van der Waals surface area (Å²) in [5, 5.41) is 7.00. The first-order valence-corrected chi connectivity index (χ1v) is 7.96. The lowest BCUT2D eigenvalue weighted by Gasteiger charge is -2.23. The molecule has 1 N–H and O–H groups in total. The molecule has 1 aromatic carbocycles. The Labute approximate surface area is 118 Å². The summed E-state index contributed by atoms with van der Waals surface area (Å²) in [7, 11) is 0. The quantitative estimate of drug-likeness (QED) is 0.844. The molecule has 0 saturated heterocycles. The number of thiazole rings is 1. The summed E-state index contributed by atoms with van der Waals surface area (Å²) >= 11 is 1.73. The van der Waals surface area contributed by atoms with Gasteiger partial charge in [0.1, 0.15) is 5.01 Å². The zero-order valence-corrected chi connectivity index (χ0v) is 12.1. The maximum atomic E-state index is 4.42. The molecule has 2 unspecified atom stereocenters. The van der Waals surface area contributed by atoms with E-state index in [1.807, 2.05) is 6.20 Å². The number of aryl methyl sites for hydroxylation is 1. The Balaban J connectivity index is 1.80. The second-order valence-corrected chi connectivity index (χ2v) is 6.18. The summed E-state index contributed by atoms with van der Waals surface area (Å²) in [6.07, 6.45) is 6.95. The highest BCUT2D eigenvalue weighted by Crippen LogP contribution is 2.30. The van der Waals surface area contributed by atoms with Crippen molar-refractivity contribution in [2.24, 2.45) is 0 Å². The zero-order valence-electron chi connectivity index (χ0n) is 11.3. The monoisotopic (exact) mass is 272 g/mol. The largest absolute Gasteiger partial charge is 0.301 e. The highest BCUT2D eigenvalue weighted by atomic mass is 32.1. The lowest BCUT2D eigenvalue weighted by molar-refractivity contribution is 0.436. The van der Waals surface area contributed by atoms with Gasteiger partial charge in [-0.3, -0.25) is 0 Å². The zero-order chi connectivity index (χ0) is 13.1. The maximum absolute atomic E-state index is 4.42. The van der Waals surface area contributed by atoms with Crippen molar-refractivity contribution >= 4 is 11.3 Å². The van der Waals surface area contributed by atoms with Crippen LogP contribution in [-0.4, -0.2) is 4.98 Å². The van der Waals surface area contributed by atoms with Gasteiger partial charge in [-0.15, -0.1) is 11.3 Å². The van der Waals surface area contributed by atoms with Crippen LogP contribution >= 0.6 is 11.3 Å². The predicted molar refractivity (Wildman–Crippen MR) is 80.4 cm³/mol. The van der Waals surface area contributed by atoms with Crippen molar-refractivity contribution in [3.63, 3.8) is 0 Å². The van der Waals surface area contributed by atoms with E-state index < -0.39 is 0 Å². The molecule has 2 atom stereocenters. The number of benzene rings is 1. The molecule has 1 aromatic heterocycles. The SMILES string of the molecule is CC(NC1CCCCc2ccccc21)c1nccs1. The van der Waals surface area contributed by atoms with Crippen molar-refractivity contribution in [1.29, 1.82) is 0 Å². The molecular weight excluding hydrogens is 252 g/mol. The summed E-state index contributed by atoms with van der Waals surface area (Å²) < 4.78 is 0. The van der Waals surface area contributed by atoms with E-state index in [1.165, 1.54) is 41.8 Å². The van der Waals surface area contributed by atoms with Crippen LogP contribution in [0.5, 0.6) is 0 Å². The first-order chi connectivity index (χ1) is 9.34. The van der Waals surface area contributed by atoms with Gasteiger partial charge in [-0.25, -0.2) is 4.98 Å². The van der Waals surface area contributed by atoms with Crippen LogP contribution in [-0.2, 0) is 6.42 Å². The summed E-state index contributed by atoms with van der Waals surface area (Å²) in [4.78, 5) is 4.42. The topological polar surface area (TPSA) is 24.9 Å². The van der Waals surface area contributed by atoms with Crippen LogP contribution in [0.2, 0.25) is 0 Å². The highest BCUT2D eigenvalue weighted by Gasteiger charge is 2.20. The molecule has 2 aromatic rings. The van der Waals surface area contributed by atoms with Gasteiger partial charge < -0.3 is 5.32 Å². The molecule has 0 aliphatic heterocycles. The molecule has 1 aliphatic carbocycles. The lowest BCUT2D eigenvalue weighted by Crippen LogP contribution is -2.24. The molecule has 0 fully saturated rings. The number of nitrogens with one attached hydrogen (secondary N) is 1. The van der Waals surface area contributed by atoms with Gasteiger partial charge in [-0.05, 0) is 37.3 Å². The van der Waals surface area contributed by atoms with Gasteiger partial charge in [0.15, 0.2) is 0 Å². The van der Waals surface area contributed by atoms with Crippen LogP contribution < -0.4 is 5.32 Å². The van der Waals surface area contributed by atoms with Crippen molar-refractivity contribution < 1.29 is 0 Å². The molecule has 19 heavy (non-hydrogen) atoms. The van der Waals surface area contributed by atoms with Gasteiger partial charge in [-0.2, -0.15) is 0 Å². The number of nitrogens with zero attached hydrogens (tertiary/aromatic N) is 1. The third-order valence-corrected chi connectivity index (χ3v) is 4.85. The van der Waals surface area contributed by atoms with Crippen molar-refractivity contribution in [1.82, 2.24) is 10.3 Å². The third-order valence-electron chi connectivity index (χ3n) is 3.89. The molecule has 3 heteroatoms. The van der Waals surface area contributed by atoms with Crippen LogP contribution in [0.1, 0.15) is 54.4 Å². The van der Waals surface area contributed by atoms with Crippen molar-refractivity contribution in [2.75, 3.05) is 0 Å². The van der Waals surface area contributed by atoms with Crippen molar-refractivity contribution in [3.05, 3.63) is 52.0 Å². The van der Waals surface area contributed by atoms with E-state index in [0.717, 1.165) is 0 Å². The Morgan fingerprint density at radius 2 is 2.21 bits per heavy atom. The van der Waals surface area contributed by atoms with Gasteiger partial charge in [0.05, 0.1) is 6.04 Å². The second-order valence-electron chi connectivity index (χ2n) is 5.26. The van der Waals surface area contributed by atoms with Crippen LogP contribution in [0.15, 0.2) is 35.8 Å². The first-order valence-electron chi connectivity index (χ1n) is 7.08. The number of hydrogen-bond acceptors (Lipinski definition) is 3. The van der Waals surface area contributed by atoms with Crippen LogP contribution in [0.25, 0.3) is 0 Å². The second kappa shape index (κ2) is 5.85. The smallest absolute Gasteiger partial charge is 0.109 e. The first kappa shape index (κ1) is 12.8. The van der Waals surface area contributed by atoms with E-state index in [-0.39, 0.29) is 0 Å². The van der Waals surface area contributed by atoms with Crippen LogP contribution in [0, 0.1) is 0 Å². The molecular formula is C16H20N2S. The van der Waals surface area contributed by atoms with E-state index in [4.69, 9.17) is 0 Å². The average Bonchev–Trinajstić information content (AvgIpc) is 2.90. The number of fused-ring (bicyclic) bond motifs is 1. The molecule has 3 rings (SSSR count). The Morgan fingerprint density at radius 1 is 1.32 bits per heavy atom. The fraction of sp³-hybridized carbons (Fsp3) is 0.438. The maximum Gasteiger partial charge on any atom is 0.109 e. The normalized spacial score (nSPS) is 20.6. The summed E-state index contributed by atoms with van der Waals surface area (Å²) in [5.74, 6) is 0. The predicted octanol–water partition coefficient (Wildman–Crippen LogP) is 4.26. The Morgan fingerprint density at radius 3 is 3.05 bits per heavy atom. The Bertz CT molecular complexity index is 521. The summed E-state index contributed by atoms with van der Waals surface area (Å²) in [6, 6.07) is 9.68. The van der Waals surface area contributed by atoms with E-state index in [1.54, 1.807) is 11.3 Å². The third kappa shape index (κ3) is 2.88. The molecule has 2 nitrogen and oxygen atoms in total. The van der Waals surface area contributed by atoms with E-state index in [0.29, 0.717) is 12.1 Å². The molecule has 0 spiro atoms. The average molecular weight is 272 g/mol. The lowest BCUT2D eigenvalue weighted by atomic mass is 9.98. The summed E-state index contributed by atoms with van der Waals surface area (Å²) in [6.45, 7) is 2.21. The van der Waals surface area contributed by atoms with Gasteiger partial charge in [0.25, 0.3) is 0 Å². The standard InChI is InChI=1S/C16H20N2S/c1-12(16-17-10-11-19-16)18-15-9-5-3-7-13-6-2-4-8-14(13)15/h2,4,6,8,10-12,15,18H,3,5,7,9H2,1H3. The van der Waals surface area contributed by atoms with Gasteiger partial charge in [0, 0.05) is 17.6 Å². The number of hydrogen-bond donors (Lipinski definition) is 1. The van der Waals surface area contributed by atoms with Crippen molar-refractivity contribution in [2.45, 2.75) is 44.7 Å². The number of aromatic nitrogens is 1. The van der Waals surface area contributed by atoms with Gasteiger partial charge in [-0.1, -0.05) is 30.7 Å². The molecule has 0 bridgehead atoms. The van der Waals surface area contributed by atoms with Gasteiger partial charge >= 0.3 is 0 Å². The van der Waals surface area contributed by atoms with E-state index >= 15 is 0 Å². The highest BCUT2D eigenvalue weighted by molar-refractivity contribution is 7.09. The number of rotatable bonds is 3. The summed E-state index contributed by atoms with van der Waals surface area (Å²) in [5.41, 5.74) is 3.01. The Hall–Kier alpha value is -1.19. The minimum atomic E-state index is 0.330. The van der Waals surface area contributed by atoms with Gasteiger partial charge in [0.2, 0.25) is 0 Å². The van der Waals surface area contributed by atoms with E-state index in [9.17, 15) is 0 Å². The minimum Gasteiger partial charge on any atom is -0.301 e. The molecule has 0 saturated carbocycles. The fourth-order valence-corrected chi connectivity index (χ4v) is 3.57. The molecule has 0 radical (unpaired) electrons. The van der Waals surface area contributed by atoms with Crippen LogP contribution in [0.4, 0.5) is 0 Å².